The number of esters is 1. The molecule has 0 aromatic carbocycles. The normalized spacial score (nSPS) is 11.2. The van der Waals surface area contributed by atoms with E-state index in [-0.39, 0.29) is 11.4 Å². The van der Waals surface area contributed by atoms with E-state index in [2.05, 4.69) is 4.98 Å². The lowest BCUT2D eigenvalue weighted by Gasteiger charge is -2.19. The number of carbonyl (C=O) groups excluding carboxylic acids is 1. The fourth-order valence-corrected chi connectivity index (χ4v) is 0.952. The van der Waals surface area contributed by atoms with Crippen molar-refractivity contribution in [3.63, 3.8) is 0 Å². The molecule has 5 heteroatoms. The average Bonchev–Trinajstić information content (AvgIpc) is 1.99. The standard InChI is InChI=1S/C10H13FN2O2/c1-10(2,3)15-9(14)8-7(12)4-6(11)5-13-8/h4-5H,12H2,1-3H3. The zero-order chi connectivity index (χ0) is 11.6. The molecule has 0 aliphatic rings. The molecule has 15 heavy (non-hydrogen) atoms. The third-order valence-corrected chi connectivity index (χ3v) is 1.48. The number of nitrogens with zero attached hydrogens (tertiary/aromatic N) is 1. The number of ether oxygens (including phenoxy) is 1. The first-order valence-corrected chi connectivity index (χ1v) is 4.44. The molecule has 1 rings (SSSR count). The Labute approximate surface area is 87.3 Å². The highest BCUT2D eigenvalue weighted by Crippen LogP contribution is 2.15. The minimum absolute atomic E-state index is 0.0238. The molecule has 0 fully saturated rings. The van der Waals surface area contributed by atoms with Crippen LogP contribution >= 0.6 is 0 Å². The molecule has 1 aromatic rings. The van der Waals surface area contributed by atoms with Gasteiger partial charge in [-0.05, 0) is 20.8 Å². The van der Waals surface area contributed by atoms with Crippen LogP contribution < -0.4 is 5.73 Å². The number of nitrogen functional groups attached to an aromatic ring is 1. The maximum atomic E-state index is 12.7. The molecule has 4 nitrogen and oxygen atoms in total. The predicted octanol–water partition coefficient (Wildman–Crippen LogP) is 1.76. The van der Waals surface area contributed by atoms with Crippen molar-refractivity contribution in [2.24, 2.45) is 0 Å². The van der Waals surface area contributed by atoms with Gasteiger partial charge in [0.1, 0.15) is 11.4 Å². The Morgan fingerprint density at radius 3 is 2.60 bits per heavy atom. The van der Waals surface area contributed by atoms with Gasteiger partial charge < -0.3 is 10.5 Å². The van der Waals surface area contributed by atoms with Crippen molar-refractivity contribution in [2.45, 2.75) is 26.4 Å². The van der Waals surface area contributed by atoms with Crippen LogP contribution in [0.1, 0.15) is 31.3 Å². The van der Waals surface area contributed by atoms with Gasteiger partial charge in [0, 0.05) is 6.07 Å². The van der Waals surface area contributed by atoms with Crippen molar-refractivity contribution in [2.75, 3.05) is 5.73 Å². The number of nitrogens with two attached hydrogens (primary N) is 1. The van der Waals surface area contributed by atoms with Crippen LogP contribution in [-0.2, 0) is 4.74 Å². The number of halogens is 1. The number of pyridine rings is 1. The molecular weight excluding hydrogens is 199 g/mol. The van der Waals surface area contributed by atoms with Gasteiger partial charge in [0.15, 0.2) is 5.69 Å². The third kappa shape index (κ3) is 3.19. The van der Waals surface area contributed by atoms with Gasteiger partial charge in [-0.1, -0.05) is 0 Å². The molecule has 82 valence electrons. The first kappa shape index (κ1) is 11.4. The highest BCUT2D eigenvalue weighted by Gasteiger charge is 2.20. The van der Waals surface area contributed by atoms with E-state index in [0.29, 0.717) is 0 Å². The Bertz CT molecular complexity index is 385. The number of rotatable bonds is 1. The van der Waals surface area contributed by atoms with Crippen molar-refractivity contribution >= 4 is 11.7 Å². The Hall–Kier alpha value is -1.65. The second kappa shape index (κ2) is 3.84. The first-order chi connectivity index (χ1) is 6.79. The summed E-state index contributed by atoms with van der Waals surface area (Å²) >= 11 is 0. The minimum atomic E-state index is -0.653. The van der Waals surface area contributed by atoms with Gasteiger partial charge in [0.05, 0.1) is 11.9 Å². The van der Waals surface area contributed by atoms with Crippen LogP contribution in [0, 0.1) is 5.82 Å². The van der Waals surface area contributed by atoms with Crippen molar-refractivity contribution in [1.82, 2.24) is 4.98 Å². The second-order valence-corrected chi connectivity index (χ2v) is 4.09. The Balaban J connectivity index is 2.92. The Morgan fingerprint density at radius 1 is 1.53 bits per heavy atom. The van der Waals surface area contributed by atoms with Gasteiger partial charge in [-0.2, -0.15) is 0 Å². The van der Waals surface area contributed by atoms with Crippen molar-refractivity contribution in [3.8, 4) is 0 Å². The van der Waals surface area contributed by atoms with Crippen LogP contribution in [0.2, 0.25) is 0 Å². The number of aromatic nitrogens is 1. The molecule has 1 aromatic heterocycles. The first-order valence-electron chi connectivity index (χ1n) is 4.44. The zero-order valence-electron chi connectivity index (χ0n) is 8.87. The van der Waals surface area contributed by atoms with E-state index in [1.54, 1.807) is 20.8 Å². The molecule has 0 bridgehead atoms. The van der Waals surface area contributed by atoms with E-state index in [9.17, 15) is 9.18 Å². The number of hydrogen-bond acceptors (Lipinski definition) is 4. The smallest absolute Gasteiger partial charge is 0.359 e. The molecule has 1 heterocycles. The fourth-order valence-electron chi connectivity index (χ4n) is 0.952. The van der Waals surface area contributed by atoms with Crippen LogP contribution in [0.4, 0.5) is 10.1 Å². The molecule has 0 amide bonds. The average molecular weight is 212 g/mol. The summed E-state index contributed by atoms with van der Waals surface area (Å²) in [6.07, 6.45) is 0.926. The second-order valence-electron chi connectivity index (χ2n) is 4.09. The van der Waals surface area contributed by atoms with Gasteiger partial charge in [0.2, 0.25) is 0 Å². The molecule has 2 N–H and O–H groups in total. The van der Waals surface area contributed by atoms with E-state index in [1.165, 1.54) is 0 Å². The number of anilines is 1. The van der Waals surface area contributed by atoms with Crippen molar-refractivity contribution < 1.29 is 13.9 Å². The molecular formula is C10H13FN2O2. The highest BCUT2D eigenvalue weighted by molar-refractivity contribution is 5.92. The van der Waals surface area contributed by atoms with E-state index < -0.39 is 17.4 Å². The summed E-state index contributed by atoms with van der Waals surface area (Å²) in [5.74, 6) is -1.24. The van der Waals surface area contributed by atoms with Gasteiger partial charge in [-0.25, -0.2) is 14.2 Å². The fraction of sp³-hybridized carbons (Fsp3) is 0.400. The monoisotopic (exact) mass is 212 g/mol. The van der Waals surface area contributed by atoms with E-state index in [4.69, 9.17) is 10.5 Å². The van der Waals surface area contributed by atoms with Crippen LogP contribution in [0.3, 0.4) is 0 Å². The zero-order valence-corrected chi connectivity index (χ0v) is 8.87. The lowest BCUT2D eigenvalue weighted by Crippen LogP contribution is -2.25. The molecule has 0 aliphatic heterocycles. The Morgan fingerprint density at radius 2 is 2.13 bits per heavy atom. The molecule has 0 atom stereocenters. The largest absolute Gasteiger partial charge is 0.455 e. The van der Waals surface area contributed by atoms with Gasteiger partial charge >= 0.3 is 5.97 Å². The predicted molar refractivity (Wildman–Crippen MR) is 53.8 cm³/mol. The summed E-state index contributed by atoms with van der Waals surface area (Å²) in [7, 11) is 0. The SMILES string of the molecule is CC(C)(C)OC(=O)c1ncc(F)cc1N. The summed E-state index contributed by atoms with van der Waals surface area (Å²) in [6.45, 7) is 5.18. The molecule has 0 radical (unpaired) electrons. The summed E-state index contributed by atoms with van der Waals surface area (Å²) in [4.78, 5) is 15.1. The molecule has 0 spiro atoms. The van der Waals surface area contributed by atoms with Gasteiger partial charge in [-0.3, -0.25) is 0 Å². The van der Waals surface area contributed by atoms with E-state index >= 15 is 0 Å². The van der Waals surface area contributed by atoms with Gasteiger partial charge in [0.25, 0.3) is 0 Å². The van der Waals surface area contributed by atoms with Crippen molar-refractivity contribution in [3.05, 3.63) is 23.8 Å². The Kier molecular flexibility index (Phi) is 2.93. The van der Waals surface area contributed by atoms with Crippen molar-refractivity contribution in [1.29, 1.82) is 0 Å². The number of carbonyl (C=O) groups is 1. The summed E-state index contributed by atoms with van der Waals surface area (Å²) in [5.41, 5.74) is 4.72. The topological polar surface area (TPSA) is 65.2 Å². The molecule has 0 saturated carbocycles. The van der Waals surface area contributed by atoms with E-state index in [0.717, 1.165) is 12.3 Å². The quantitative estimate of drug-likeness (QED) is 0.720. The van der Waals surface area contributed by atoms with Crippen LogP contribution in [-0.4, -0.2) is 16.6 Å². The third-order valence-electron chi connectivity index (χ3n) is 1.48. The van der Waals surface area contributed by atoms with E-state index in [1.807, 2.05) is 0 Å². The number of hydrogen-bond donors (Lipinski definition) is 1. The van der Waals surface area contributed by atoms with Gasteiger partial charge in [-0.15, -0.1) is 0 Å². The highest BCUT2D eigenvalue weighted by atomic mass is 19.1. The van der Waals surface area contributed by atoms with Crippen LogP contribution in [0.15, 0.2) is 12.3 Å². The van der Waals surface area contributed by atoms with Crippen LogP contribution in [0.25, 0.3) is 0 Å². The molecule has 0 unspecified atom stereocenters. The summed E-state index contributed by atoms with van der Waals surface area (Å²) < 4.78 is 17.7. The maximum absolute atomic E-state index is 12.7. The summed E-state index contributed by atoms with van der Waals surface area (Å²) in [5, 5.41) is 0. The minimum Gasteiger partial charge on any atom is -0.455 e. The molecule has 0 aliphatic carbocycles. The lowest BCUT2D eigenvalue weighted by molar-refractivity contribution is 0.00642. The lowest BCUT2D eigenvalue weighted by atomic mass is 10.2. The summed E-state index contributed by atoms with van der Waals surface area (Å²) in [6, 6.07) is 1.03. The molecule has 0 saturated heterocycles. The van der Waals surface area contributed by atoms with Crippen LogP contribution in [0.5, 0.6) is 0 Å². The maximum Gasteiger partial charge on any atom is 0.359 e.